The highest BCUT2D eigenvalue weighted by molar-refractivity contribution is 7.90. The van der Waals surface area contributed by atoms with Crippen molar-refractivity contribution in [3.05, 3.63) is 53.1 Å². The molecule has 0 atom stereocenters. The fourth-order valence-electron chi connectivity index (χ4n) is 2.34. The number of carbonyl (C=O) groups is 1. The van der Waals surface area contributed by atoms with E-state index in [4.69, 9.17) is 16.9 Å². The predicted molar refractivity (Wildman–Crippen MR) is 93.7 cm³/mol. The van der Waals surface area contributed by atoms with Crippen LogP contribution < -0.4 is 4.90 Å². The molecule has 0 aliphatic heterocycles. The first-order chi connectivity index (χ1) is 11.1. The van der Waals surface area contributed by atoms with Gasteiger partial charge in [-0.2, -0.15) is 5.26 Å². The van der Waals surface area contributed by atoms with Crippen LogP contribution in [0.25, 0.3) is 0 Å². The molecule has 0 aromatic heterocycles. The van der Waals surface area contributed by atoms with Crippen molar-refractivity contribution in [2.75, 3.05) is 18.2 Å². The Kier molecular flexibility index (Phi) is 4.97. The zero-order valence-electron chi connectivity index (χ0n) is 13.4. The molecule has 24 heavy (non-hydrogen) atoms. The van der Waals surface area contributed by atoms with Crippen molar-refractivity contribution in [1.82, 2.24) is 0 Å². The highest BCUT2D eigenvalue weighted by Crippen LogP contribution is 2.33. The number of benzene rings is 2. The lowest BCUT2D eigenvalue weighted by Gasteiger charge is -2.23. The van der Waals surface area contributed by atoms with Crippen molar-refractivity contribution in [3.63, 3.8) is 0 Å². The minimum Gasteiger partial charge on any atom is -0.344 e. The van der Waals surface area contributed by atoms with E-state index in [0.717, 1.165) is 6.26 Å². The van der Waals surface area contributed by atoms with Crippen molar-refractivity contribution in [1.29, 1.82) is 5.26 Å². The van der Waals surface area contributed by atoms with Crippen LogP contribution in [0.3, 0.4) is 0 Å². The first kappa shape index (κ1) is 18.0. The Labute approximate surface area is 146 Å². The highest BCUT2D eigenvalue weighted by Gasteiger charge is 2.21. The van der Waals surface area contributed by atoms with Gasteiger partial charge in [0, 0.05) is 24.6 Å². The maximum Gasteiger partial charge on any atom is 0.252 e. The number of halogens is 1. The molecule has 0 aliphatic carbocycles. The number of rotatable bonds is 4. The Morgan fingerprint density at radius 3 is 2.25 bits per heavy atom. The summed E-state index contributed by atoms with van der Waals surface area (Å²) in [5.41, 5.74) is 2.39. The zero-order valence-corrected chi connectivity index (χ0v) is 14.9. The monoisotopic (exact) mass is 362 g/mol. The molecule has 0 N–H and O–H groups in total. The van der Waals surface area contributed by atoms with Crippen LogP contribution in [-0.4, -0.2) is 27.0 Å². The minimum absolute atomic E-state index is 0.0176. The molecule has 0 saturated carbocycles. The second kappa shape index (κ2) is 6.63. The van der Waals surface area contributed by atoms with E-state index in [2.05, 4.69) is 0 Å². The summed E-state index contributed by atoms with van der Waals surface area (Å²) < 4.78 is 24.3. The summed E-state index contributed by atoms with van der Waals surface area (Å²) in [5.74, 6) is 0. The van der Waals surface area contributed by atoms with Crippen LogP contribution in [-0.2, 0) is 9.84 Å². The number of nitriles is 1. The van der Waals surface area contributed by atoms with Crippen LogP contribution in [0.15, 0.2) is 41.3 Å². The number of aryl methyl sites for hydroxylation is 1. The quantitative estimate of drug-likeness (QED) is 0.779. The molecule has 0 bridgehead atoms. The van der Waals surface area contributed by atoms with Gasteiger partial charge in [0.1, 0.15) is 0 Å². The van der Waals surface area contributed by atoms with Crippen LogP contribution in [0.2, 0.25) is 0 Å². The van der Waals surface area contributed by atoms with Gasteiger partial charge in [0.25, 0.3) is 5.24 Å². The zero-order chi connectivity index (χ0) is 18.1. The number of carbonyl (C=O) groups excluding carboxylic acids is 1. The third-order valence-corrected chi connectivity index (χ3v) is 4.99. The van der Waals surface area contributed by atoms with E-state index >= 15 is 0 Å². The normalized spacial score (nSPS) is 11.0. The second-order valence-electron chi connectivity index (χ2n) is 5.40. The van der Waals surface area contributed by atoms with Crippen LogP contribution >= 0.6 is 11.6 Å². The van der Waals surface area contributed by atoms with Gasteiger partial charge >= 0.3 is 0 Å². The van der Waals surface area contributed by atoms with Gasteiger partial charge in [0.05, 0.1) is 22.2 Å². The molecule has 0 amide bonds. The number of nitrogens with zero attached hydrogens (tertiary/aromatic N) is 2. The first-order valence-electron chi connectivity index (χ1n) is 6.93. The molecule has 0 radical (unpaired) electrons. The SMILES string of the molecule is Cc1cc(N(C)c2ccc(C#N)cc2)c(S(C)(=O)=O)cc1C(=O)Cl. The van der Waals surface area contributed by atoms with E-state index in [1.807, 2.05) is 6.07 Å². The average Bonchev–Trinajstić information content (AvgIpc) is 2.52. The van der Waals surface area contributed by atoms with Crippen LogP contribution in [0.1, 0.15) is 21.5 Å². The Bertz CT molecular complexity index is 945. The number of hydrogen-bond acceptors (Lipinski definition) is 5. The molecule has 0 saturated heterocycles. The molecule has 0 aliphatic rings. The van der Waals surface area contributed by atoms with Gasteiger partial charge < -0.3 is 4.90 Å². The van der Waals surface area contributed by atoms with Gasteiger partial charge in [0.2, 0.25) is 0 Å². The second-order valence-corrected chi connectivity index (χ2v) is 7.73. The fraction of sp³-hybridized carbons (Fsp3) is 0.176. The molecule has 0 unspecified atom stereocenters. The molecule has 0 spiro atoms. The smallest absolute Gasteiger partial charge is 0.252 e. The summed E-state index contributed by atoms with van der Waals surface area (Å²) in [4.78, 5) is 13.2. The molecular weight excluding hydrogens is 348 g/mol. The van der Waals surface area contributed by atoms with Gasteiger partial charge in [-0.05, 0) is 60.5 Å². The van der Waals surface area contributed by atoms with E-state index in [0.29, 0.717) is 22.5 Å². The molecule has 2 aromatic rings. The third-order valence-electron chi connectivity index (χ3n) is 3.66. The maximum atomic E-state index is 12.2. The van der Waals surface area contributed by atoms with Gasteiger partial charge in [-0.15, -0.1) is 0 Å². The summed E-state index contributed by atoms with van der Waals surface area (Å²) in [6.45, 7) is 1.69. The van der Waals surface area contributed by atoms with E-state index in [-0.39, 0.29) is 10.5 Å². The summed E-state index contributed by atoms with van der Waals surface area (Å²) in [7, 11) is -1.86. The molecule has 124 valence electrons. The van der Waals surface area contributed by atoms with Gasteiger partial charge in [-0.25, -0.2) is 8.42 Å². The van der Waals surface area contributed by atoms with E-state index < -0.39 is 15.1 Å². The molecule has 0 fully saturated rings. The van der Waals surface area contributed by atoms with Crippen LogP contribution in [0, 0.1) is 18.3 Å². The summed E-state index contributed by atoms with van der Waals surface area (Å²) in [5, 5.41) is 8.16. The lowest BCUT2D eigenvalue weighted by Crippen LogP contribution is -2.15. The van der Waals surface area contributed by atoms with Crippen molar-refractivity contribution in [2.24, 2.45) is 0 Å². The molecule has 2 aromatic carbocycles. The van der Waals surface area contributed by atoms with Crippen molar-refractivity contribution < 1.29 is 13.2 Å². The fourth-order valence-corrected chi connectivity index (χ4v) is 3.45. The summed E-state index contributed by atoms with van der Waals surface area (Å²) >= 11 is 5.53. The number of hydrogen-bond donors (Lipinski definition) is 0. The molecule has 5 nitrogen and oxygen atoms in total. The van der Waals surface area contributed by atoms with E-state index in [1.54, 1.807) is 49.2 Å². The summed E-state index contributed by atoms with van der Waals surface area (Å²) in [6.07, 6.45) is 1.08. The van der Waals surface area contributed by atoms with Crippen molar-refractivity contribution in [2.45, 2.75) is 11.8 Å². The standard InChI is InChI=1S/C17H15ClN2O3S/c1-11-8-15(16(24(3,22)23)9-14(11)17(18)21)20(2)13-6-4-12(10-19)5-7-13/h4-9H,1-3H3. The number of anilines is 2. The van der Waals surface area contributed by atoms with Crippen LogP contribution in [0.4, 0.5) is 11.4 Å². The average molecular weight is 363 g/mol. The van der Waals surface area contributed by atoms with Crippen molar-refractivity contribution in [3.8, 4) is 6.07 Å². The summed E-state index contributed by atoms with van der Waals surface area (Å²) in [6, 6.07) is 11.7. The lowest BCUT2D eigenvalue weighted by atomic mass is 10.1. The highest BCUT2D eigenvalue weighted by atomic mass is 35.5. The van der Waals surface area contributed by atoms with Gasteiger partial charge in [-0.3, -0.25) is 4.79 Å². The third kappa shape index (κ3) is 3.58. The molecule has 0 heterocycles. The molecule has 7 heteroatoms. The van der Waals surface area contributed by atoms with E-state index in [1.165, 1.54) is 6.07 Å². The maximum absolute atomic E-state index is 12.2. The topological polar surface area (TPSA) is 78.2 Å². The molecule has 2 rings (SSSR count). The van der Waals surface area contributed by atoms with Gasteiger partial charge in [-0.1, -0.05) is 0 Å². The van der Waals surface area contributed by atoms with Crippen molar-refractivity contribution >= 4 is 38.1 Å². The Morgan fingerprint density at radius 1 is 1.21 bits per heavy atom. The lowest BCUT2D eigenvalue weighted by molar-refractivity contribution is 0.108. The van der Waals surface area contributed by atoms with Crippen LogP contribution in [0.5, 0.6) is 0 Å². The van der Waals surface area contributed by atoms with E-state index in [9.17, 15) is 13.2 Å². The Morgan fingerprint density at radius 2 is 1.79 bits per heavy atom. The Hall–Kier alpha value is -2.36. The van der Waals surface area contributed by atoms with Gasteiger partial charge in [0.15, 0.2) is 9.84 Å². The minimum atomic E-state index is -3.58. The largest absolute Gasteiger partial charge is 0.344 e. The molecular formula is C17H15ClN2O3S. The predicted octanol–water partition coefficient (Wildman–Crippen LogP) is 3.42. The Balaban J connectivity index is 2.65. The number of sulfone groups is 1. The first-order valence-corrected chi connectivity index (χ1v) is 9.20.